The highest BCUT2D eigenvalue weighted by Gasteiger charge is 2.20. The van der Waals surface area contributed by atoms with Crippen LogP contribution < -0.4 is 27.8 Å². The Kier molecular flexibility index (Phi) is 12.8. The lowest BCUT2D eigenvalue weighted by molar-refractivity contribution is -0.139. The number of carboxylic acids is 2. The predicted molar refractivity (Wildman–Crippen MR) is 85.0 cm³/mol. The Hall–Kier alpha value is -2.54. The Balaban J connectivity index is 0. The molecule has 4 amide bonds. The summed E-state index contributed by atoms with van der Waals surface area (Å²) in [4.78, 5) is 52.7. The molecular formula is C11H21N5O7S. The van der Waals surface area contributed by atoms with Gasteiger partial charge in [0.15, 0.2) is 0 Å². The largest absolute Gasteiger partial charge is 0.480 e. The maximum atomic E-state index is 11.5. The molecule has 0 rings (SSSR count). The summed E-state index contributed by atoms with van der Waals surface area (Å²) in [6, 6.07) is -2.98. The summed E-state index contributed by atoms with van der Waals surface area (Å²) >= 11 is 3.87. The topological polar surface area (TPSA) is 228 Å². The van der Waals surface area contributed by atoms with Crippen molar-refractivity contribution in [2.45, 2.75) is 24.9 Å². The Morgan fingerprint density at radius 1 is 1.08 bits per heavy atom. The van der Waals surface area contributed by atoms with E-state index in [9.17, 15) is 19.2 Å². The fourth-order valence-corrected chi connectivity index (χ4v) is 1.41. The first-order valence-electron chi connectivity index (χ1n) is 6.44. The number of thiol groups is 1. The zero-order valence-corrected chi connectivity index (χ0v) is 13.5. The number of urea groups is 1. The summed E-state index contributed by atoms with van der Waals surface area (Å²) < 4.78 is 0. The summed E-state index contributed by atoms with van der Waals surface area (Å²) in [6.07, 6.45) is -0.235. The molecule has 24 heavy (non-hydrogen) atoms. The van der Waals surface area contributed by atoms with Gasteiger partial charge in [0, 0.05) is 12.2 Å². The Labute approximate surface area is 142 Å². The molecule has 0 aromatic heterocycles. The second kappa shape index (κ2) is 13.0. The van der Waals surface area contributed by atoms with Crippen LogP contribution in [0.5, 0.6) is 0 Å². The molecule has 2 unspecified atom stereocenters. The molecule has 10 N–H and O–H groups in total. The molecule has 0 heterocycles. The van der Waals surface area contributed by atoms with Gasteiger partial charge in [-0.25, -0.2) is 4.79 Å². The van der Waals surface area contributed by atoms with Gasteiger partial charge in [-0.2, -0.15) is 12.6 Å². The van der Waals surface area contributed by atoms with Crippen LogP contribution in [0.3, 0.4) is 0 Å². The highest BCUT2D eigenvalue weighted by Crippen LogP contribution is 1.97. The Bertz CT molecular complexity index is 470. The number of carbonyl (C=O) groups is 5. The van der Waals surface area contributed by atoms with Gasteiger partial charge in [-0.05, 0) is 6.42 Å². The molecule has 0 aromatic carbocycles. The van der Waals surface area contributed by atoms with Crippen molar-refractivity contribution in [1.29, 1.82) is 0 Å². The van der Waals surface area contributed by atoms with E-state index in [4.69, 9.17) is 20.7 Å². The lowest BCUT2D eigenvalue weighted by Gasteiger charge is -2.16. The van der Waals surface area contributed by atoms with Gasteiger partial charge < -0.3 is 38.0 Å². The molecule has 0 saturated carbocycles. The smallest absolute Gasteiger partial charge is 0.322 e. The third-order valence-electron chi connectivity index (χ3n) is 2.25. The van der Waals surface area contributed by atoms with Gasteiger partial charge in [0.1, 0.15) is 18.6 Å². The molecule has 12 nitrogen and oxygen atoms in total. The standard InChI is InChI=1S/C10H17N3O6S.CH4N2O/c11-5(10(18)19)1-2-7(14)13-6(4-20)9(17)12-3-8(15)16;2-1(3)4/h5-6,20H,1-4,11H2,(H,12,17)(H,13,14)(H,15,16)(H,18,19);(H4,2,3,4). The molecule has 0 radical (unpaired) electrons. The van der Waals surface area contributed by atoms with Crippen LogP contribution in [0.25, 0.3) is 0 Å². The molecule has 0 saturated heterocycles. The summed E-state index contributed by atoms with van der Waals surface area (Å²) in [5.41, 5.74) is 13.7. The first kappa shape index (κ1) is 23.7. The van der Waals surface area contributed by atoms with Crippen LogP contribution in [0.1, 0.15) is 12.8 Å². The van der Waals surface area contributed by atoms with Gasteiger partial charge in [0.25, 0.3) is 0 Å². The number of nitrogens with one attached hydrogen (secondary N) is 2. The second-order valence-corrected chi connectivity index (χ2v) is 4.67. The number of rotatable bonds is 9. The van der Waals surface area contributed by atoms with Crippen molar-refractivity contribution in [3.05, 3.63) is 0 Å². The molecule has 0 bridgehead atoms. The molecule has 0 aliphatic heterocycles. The zero-order valence-electron chi connectivity index (χ0n) is 12.6. The Morgan fingerprint density at radius 3 is 1.96 bits per heavy atom. The predicted octanol–water partition coefficient (Wildman–Crippen LogP) is -3.18. The van der Waals surface area contributed by atoms with E-state index < -0.39 is 48.4 Å². The van der Waals surface area contributed by atoms with E-state index in [0.717, 1.165) is 0 Å². The third-order valence-corrected chi connectivity index (χ3v) is 2.61. The van der Waals surface area contributed by atoms with Gasteiger partial charge in [0.05, 0.1) is 0 Å². The minimum Gasteiger partial charge on any atom is -0.480 e. The molecule has 138 valence electrons. The van der Waals surface area contributed by atoms with Gasteiger partial charge >= 0.3 is 18.0 Å². The average molecular weight is 367 g/mol. The fraction of sp³-hybridized carbons (Fsp3) is 0.545. The number of amides is 4. The molecule has 0 aliphatic carbocycles. The molecule has 0 fully saturated rings. The first-order valence-corrected chi connectivity index (χ1v) is 7.07. The van der Waals surface area contributed by atoms with Gasteiger partial charge in [-0.1, -0.05) is 0 Å². The minimum absolute atomic E-state index is 0.0256. The van der Waals surface area contributed by atoms with Crippen molar-refractivity contribution < 1.29 is 34.2 Å². The quantitative estimate of drug-likeness (QED) is 0.193. The zero-order chi connectivity index (χ0) is 19.3. The van der Waals surface area contributed by atoms with Crippen LogP contribution in [0.15, 0.2) is 0 Å². The number of primary amides is 2. The maximum Gasteiger partial charge on any atom is 0.322 e. The van der Waals surface area contributed by atoms with Crippen molar-refractivity contribution >= 4 is 42.4 Å². The van der Waals surface area contributed by atoms with E-state index in [1.807, 2.05) is 0 Å². The normalized spacial score (nSPS) is 11.9. The minimum atomic E-state index is -1.22. The van der Waals surface area contributed by atoms with E-state index >= 15 is 0 Å². The van der Waals surface area contributed by atoms with E-state index in [0.29, 0.717) is 0 Å². The maximum absolute atomic E-state index is 11.5. The molecule has 2 atom stereocenters. The van der Waals surface area contributed by atoms with Crippen LogP contribution in [0.2, 0.25) is 0 Å². The monoisotopic (exact) mass is 367 g/mol. The average Bonchev–Trinajstić information content (AvgIpc) is 2.46. The lowest BCUT2D eigenvalue weighted by atomic mass is 10.1. The van der Waals surface area contributed by atoms with Crippen LogP contribution >= 0.6 is 12.6 Å². The number of nitrogens with two attached hydrogens (primary N) is 3. The van der Waals surface area contributed by atoms with Gasteiger partial charge in [-0.3, -0.25) is 19.2 Å². The van der Waals surface area contributed by atoms with Crippen LogP contribution in [0.4, 0.5) is 4.79 Å². The highest BCUT2D eigenvalue weighted by atomic mass is 32.1. The van der Waals surface area contributed by atoms with Crippen molar-refractivity contribution in [1.82, 2.24) is 10.6 Å². The highest BCUT2D eigenvalue weighted by molar-refractivity contribution is 7.80. The number of hydrogen-bond donors (Lipinski definition) is 8. The molecule has 0 aliphatic rings. The summed E-state index contributed by atoms with van der Waals surface area (Å²) in [5.74, 6) is -3.70. The summed E-state index contributed by atoms with van der Waals surface area (Å²) in [5, 5.41) is 21.4. The first-order chi connectivity index (χ1) is 11.0. The molecule has 0 aromatic rings. The third kappa shape index (κ3) is 14.4. The Morgan fingerprint density at radius 2 is 1.58 bits per heavy atom. The molecule has 0 spiro atoms. The second-order valence-electron chi connectivity index (χ2n) is 4.30. The van der Waals surface area contributed by atoms with Crippen LogP contribution in [-0.2, 0) is 19.2 Å². The number of carboxylic acid groups (broad SMARTS) is 2. The van der Waals surface area contributed by atoms with Gasteiger partial charge in [-0.15, -0.1) is 0 Å². The summed E-state index contributed by atoms with van der Waals surface area (Å²) in [6.45, 7) is -0.567. The van der Waals surface area contributed by atoms with E-state index in [1.54, 1.807) is 0 Å². The van der Waals surface area contributed by atoms with E-state index in [1.165, 1.54) is 0 Å². The number of aliphatic carboxylic acids is 2. The number of hydrogen-bond acceptors (Lipinski definition) is 7. The molecular weight excluding hydrogens is 346 g/mol. The van der Waals surface area contributed by atoms with Crippen LogP contribution in [0, 0.1) is 0 Å². The van der Waals surface area contributed by atoms with E-state index in [-0.39, 0.29) is 18.6 Å². The van der Waals surface area contributed by atoms with E-state index in [2.05, 4.69) is 34.7 Å². The van der Waals surface area contributed by atoms with Crippen molar-refractivity contribution in [3.8, 4) is 0 Å². The van der Waals surface area contributed by atoms with Crippen molar-refractivity contribution in [2.75, 3.05) is 12.3 Å². The summed E-state index contributed by atoms with van der Waals surface area (Å²) in [7, 11) is 0. The number of carbonyl (C=O) groups excluding carboxylic acids is 3. The van der Waals surface area contributed by atoms with Crippen LogP contribution in [-0.4, -0.2) is 64.4 Å². The SMILES string of the molecule is NC(CCC(=O)NC(CS)C(=O)NCC(=O)O)C(=O)O.NC(N)=O. The lowest BCUT2D eigenvalue weighted by Crippen LogP contribution is -2.49. The molecule has 13 heteroatoms. The van der Waals surface area contributed by atoms with Crippen molar-refractivity contribution in [2.24, 2.45) is 17.2 Å². The fourth-order valence-electron chi connectivity index (χ4n) is 1.16. The van der Waals surface area contributed by atoms with Crippen molar-refractivity contribution in [3.63, 3.8) is 0 Å². The van der Waals surface area contributed by atoms with Gasteiger partial charge in [0.2, 0.25) is 11.8 Å².